The lowest BCUT2D eigenvalue weighted by Gasteiger charge is -2.08. The largest absolute Gasteiger partial charge is 0.459 e. The Balaban J connectivity index is 1.53. The summed E-state index contributed by atoms with van der Waals surface area (Å²) in [6.07, 6.45) is 1.42. The highest BCUT2D eigenvalue weighted by atomic mass is 35.5. The van der Waals surface area contributed by atoms with Gasteiger partial charge in [-0.3, -0.25) is 9.59 Å². The van der Waals surface area contributed by atoms with Gasteiger partial charge < -0.3 is 19.6 Å². The summed E-state index contributed by atoms with van der Waals surface area (Å²) in [5.41, 5.74) is 0.444. The summed E-state index contributed by atoms with van der Waals surface area (Å²) in [7, 11) is 1.75. The Kier molecular flexibility index (Phi) is 6.61. The molecule has 0 bridgehead atoms. The number of hydrogen-bond donors (Lipinski definition) is 2. The maximum atomic E-state index is 12.2. The number of nitrogens with zero attached hydrogens (tertiary/aromatic N) is 3. The van der Waals surface area contributed by atoms with Gasteiger partial charge in [0.1, 0.15) is 0 Å². The average molecular weight is 440 g/mol. The van der Waals surface area contributed by atoms with E-state index in [0.29, 0.717) is 21.7 Å². The van der Waals surface area contributed by atoms with Gasteiger partial charge in [0.15, 0.2) is 16.7 Å². The first-order chi connectivity index (χ1) is 13.5. The second-order valence-corrected chi connectivity index (χ2v) is 7.28. The molecule has 2 aromatic heterocycles. The summed E-state index contributed by atoms with van der Waals surface area (Å²) in [5, 5.41) is 14.7. The zero-order chi connectivity index (χ0) is 20.1. The molecule has 11 heteroatoms. The van der Waals surface area contributed by atoms with Gasteiger partial charge in [-0.25, -0.2) is 0 Å². The second kappa shape index (κ2) is 9.13. The summed E-state index contributed by atoms with van der Waals surface area (Å²) in [6, 6.07) is 8.20. The standard InChI is InChI=1S/C17H15Cl2N5O3S/c1-24-13(8-20-16(26)12-6-3-7-27-12)22-23-17(24)28-9-14(25)21-11-5-2-4-10(18)15(11)19/h2-7H,8-9H2,1H3,(H,20,26)(H,21,25). The lowest BCUT2D eigenvalue weighted by Crippen LogP contribution is -2.24. The average Bonchev–Trinajstić information content (AvgIpc) is 3.32. The van der Waals surface area contributed by atoms with Crippen LogP contribution in [0.25, 0.3) is 0 Å². The number of rotatable bonds is 7. The summed E-state index contributed by atoms with van der Waals surface area (Å²) in [5.74, 6) is 0.256. The van der Waals surface area contributed by atoms with E-state index in [-0.39, 0.29) is 34.9 Å². The lowest BCUT2D eigenvalue weighted by molar-refractivity contribution is -0.113. The normalized spacial score (nSPS) is 10.7. The van der Waals surface area contributed by atoms with E-state index in [1.54, 1.807) is 41.9 Å². The number of hydrogen-bond acceptors (Lipinski definition) is 6. The maximum Gasteiger partial charge on any atom is 0.287 e. The van der Waals surface area contributed by atoms with Crippen molar-refractivity contribution < 1.29 is 14.0 Å². The van der Waals surface area contributed by atoms with Crippen molar-refractivity contribution in [1.82, 2.24) is 20.1 Å². The van der Waals surface area contributed by atoms with E-state index in [1.165, 1.54) is 18.0 Å². The number of aromatic nitrogens is 3. The molecule has 0 aliphatic heterocycles. The van der Waals surface area contributed by atoms with Crippen LogP contribution in [0.15, 0.2) is 46.2 Å². The molecular weight excluding hydrogens is 425 g/mol. The van der Waals surface area contributed by atoms with Crippen molar-refractivity contribution >= 4 is 52.5 Å². The Labute approximate surface area is 174 Å². The zero-order valence-electron chi connectivity index (χ0n) is 14.6. The van der Waals surface area contributed by atoms with Crippen LogP contribution in [0.2, 0.25) is 10.0 Å². The van der Waals surface area contributed by atoms with E-state index in [2.05, 4.69) is 20.8 Å². The molecule has 0 spiro atoms. The summed E-state index contributed by atoms with van der Waals surface area (Å²) >= 11 is 13.2. The number of nitrogens with one attached hydrogen (secondary N) is 2. The molecule has 0 aliphatic carbocycles. The molecule has 3 rings (SSSR count). The molecule has 2 amide bonds. The Bertz CT molecular complexity index is 991. The molecular formula is C17H15Cl2N5O3S. The molecule has 28 heavy (non-hydrogen) atoms. The van der Waals surface area contributed by atoms with Crippen LogP contribution in [0.5, 0.6) is 0 Å². The van der Waals surface area contributed by atoms with Gasteiger partial charge in [-0.15, -0.1) is 10.2 Å². The van der Waals surface area contributed by atoms with E-state index in [0.717, 1.165) is 0 Å². The molecule has 0 unspecified atom stereocenters. The predicted molar refractivity (Wildman–Crippen MR) is 107 cm³/mol. The smallest absolute Gasteiger partial charge is 0.287 e. The van der Waals surface area contributed by atoms with E-state index >= 15 is 0 Å². The van der Waals surface area contributed by atoms with Crippen LogP contribution in [0.1, 0.15) is 16.4 Å². The van der Waals surface area contributed by atoms with Gasteiger partial charge in [-0.05, 0) is 24.3 Å². The highest BCUT2D eigenvalue weighted by Gasteiger charge is 2.15. The van der Waals surface area contributed by atoms with E-state index in [4.69, 9.17) is 27.6 Å². The number of thioether (sulfide) groups is 1. The molecule has 1 aromatic carbocycles. The van der Waals surface area contributed by atoms with Crippen molar-refractivity contribution in [2.24, 2.45) is 7.05 Å². The fraction of sp³-hybridized carbons (Fsp3) is 0.176. The molecule has 146 valence electrons. The third kappa shape index (κ3) is 4.86. The Hall–Kier alpha value is -2.49. The summed E-state index contributed by atoms with van der Waals surface area (Å²) < 4.78 is 6.73. The molecule has 0 saturated carbocycles. The number of amides is 2. The minimum atomic E-state index is -0.347. The summed E-state index contributed by atoms with van der Waals surface area (Å²) in [6.45, 7) is 0.175. The quantitative estimate of drug-likeness (QED) is 0.547. The molecule has 0 radical (unpaired) electrons. The van der Waals surface area contributed by atoms with Crippen LogP contribution in [0.3, 0.4) is 0 Å². The van der Waals surface area contributed by atoms with Crippen LogP contribution in [0.4, 0.5) is 5.69 Å². The number of furan rings is 1. The van der Waals surface area contributed by atoms with Gasteiger partial charge in [0.05, 0.1) is 34.3 Å². The molecule has 2 N–H and O–H groups in total. The van der Waals surface area contributed by atoms with Crippen LogP contribution in [-0.2, 0) is 18.4 Å². The molecule has 8 nitrogen and oxygen atoms in total. The fourth-order valence-corrected chi connectivity index (χ4v) is 3.27. The number of anilines is 1. The predicted octanol–water partition coefficient (Wildman–Crippen LogP) is 3.38. The van der Waals surface area contributed by atoms with Crippen LogP contribution < -0.4 is 10.6 Å². The maximum absolute atomic E-state index is 12.2. The lowest BCUT2D eigenvalue weighted by atomic mass is 10.3. The number of carbonyl (C=O) groups excluding carboxylic acids is 2. The highest BCUT2D eigenvalue weighted by Crippen LogP contribution is 2.29. The topological polar surface area (TPSA) is 102 Å². The van der Waals surface area contributed by atoms with Gasteiger partial charge in [-0.2, -0.15) is 0 Å². The Morgan fingerprint density at radius 2 is 2.04 bits per heavy atom. The second-order valence-electron chi connectivity index (χ2n) is 5.56. The monoisotopic (exact) mass is 439 g/mol. The first-order valence-corrected chi connectivity index (χ1v) is 9.76. The van der Waals surface area contributed by atoms with Crippen LogP contribution in [0, 0.1) is 0 Å². The molecule has 2 heterocycles. The minimum absolute atomic E-state index is 0.105. The van der Waals surface area contributed by atoms with Crippen LogP contribution >= 0.6 is 35.0 Å². The highest BCUT2D eigenvalue weighted by molar-refractivity contribution is 7.99. The number of halogens is 2. The molecule has 0 aliphatic rings. The first-order valence-electron chi connectivity index (χ1n) is 8.02. The van der Waals surface area contributed by atoms with Gasteiger partial charge in [0.25, 0.3) is 5.91 Å². The van der Waals surface area contributed by atoms with Crippen molar-refractivity contribution in [3.05, 3.63) is 58.2 Å². The Morgan fingerprint density at radius 3 is 2.79 bits per heavy atom. The number of carbonyl (C=O) groups is 2. The Morgan fingerprint density at radius 1 is 1.21 bits per heavy atom. The van der Waals surface area contributed by atoms with E-state index in [1.807, 2.05) is 0 Å². The third-order valence-corrected chi connectivity index (χ3v) is 5.47. The van der Waals surface area contributed by atoms with Crippen LogP contribution in [-0.4, -0.2) is 32.3 Å². The first kappa shape index (κ1) is 20.2. The van der Waals surface area contributed by atoms with Crippen molar-refractivity contribution in [3.8, 4) is 0 Å². The number of benzene rings is 1. The summed E-state index contributed by atoms with van der Waals surface area (Å²) in [4.78, 5) is 24.1. The molecule has 3 aromatic rings. The zero-order valence-corrected chi connectivity index (χ0v) is 16.9. The van der Waals surface area contributed by atoms with E-state index in [9.17, 15) is 9.59 Å². The van der Waals surface area contributed by atoms with Crippen molar-refractivity contribution in [1.29, 1.82) is 0 Å². The molecule has 0 fully saturated rings. The molecule has 0 saturated heterocycles. The van der Waals surface area contributed by atoms with Gasteiger partial charge in [-0.1, -0.05) is 41.0 Å². The van der Waals surface area contributed by atoms with Crippen molar-refractivity contribution in [2.45, 2.75) is 11.7 Å². The van der Waals surface area contributed by atoms with Crippen molar-refractivity contribution in [2.75, 3.05) is 11.1 Å². The SMILES string of the molecule is Cn1c(CNC(=O)c2ccco2)nnc1SCC(=O)Nc1cccc(Cl)c1Cl. The molecule has 0 atom stereocenters. The third-order valence-electron chi connectivity index (χ3n) is 3.64. The van der Waals surface area contributed by atoms with Gasteiger partial charge in [0.2, 0.25) is 5.91 Å². The minimum Gasteiger partial charge on any atom is -0.459 e. The van der Waals surface area contributed by atoms with E-state index < -0.39 is 0 Å². The fourth-order valence-electron chi connectivity index (χ4n) is 2.20. The van der Waals surface area contributed by atoms with Gasteiger partial charge in [0, 0.05) is 7.05 Å². The van der Waals surface area contributed by atoms with Gasteiger partial charge >= 0.3 is 0 Å². The van der Waals surface area contributed by atoms with Crippen molar-refractivity contribution in [3.63, 3.8) is 0 Å².